The van der Waals surface area contributed by atoms with Crippen LogP contribution in [-0.4, -0.2) is 36.2 Å². The second-order valence-corrected chi connectivity index (χ2v) is 6.06. The van der Waals surface area contributed by atoms with E-state index in [0.29, 0.717) is 18.2 Å². The molecule has 3 rings (SSSR count). The van der Waals surface area contributed by atoms with Crippen LogP contribution in [0.4, 0.5) is 0 Å². The second-order valence-electron chi connectivity index (χ2n) is 6.06. The van der Waals surface area contributed by atoms with Gasteiger partial charge in [0.25, 0.3) is 0 Å². The molecule has 3 heteroatoms. The van der Waals surface area contributed by atoms with Crippen molar-refractivity contribution in [2.75, 3.05) is 13.2 Å². The van der Waals surface area contributed by atoms with Crippen LogP contribution in [0.1, 0.15) is 44.2 Å². The number of nitrogens with two attached hydrogens (primary N) is 1. The van der Waals surface area contributed by atoms with Crippen LogP contribution >= 0.6 is 0 Å². The van der Waals surface area contributed by atoms with Crippen LogP contribution in [-0.2, 0) is 4.74 Å². The number of rotatable bonds is 4. The highest BCUT2D eigenvalue weighted by Crippen LogP contribution is 2.34. The molecule has 1 saturated heterocycles. The lowest BCUT2D eigenvalue weighted by atomic mass is 9.94. The quantitative estimate of drug-likeness (QED) is 0.917. The minimum atomic E-state index is 0.0977. The Kier molecular flexibility index (Phi) is 4.39. The van der Waals surface area contributed by atoms with Crippen molar-refractivity contribution in [2.45, 2.75) is 56.8 Å². The molecular formula is C17H26N2O. The molecule has 0 spiro atoms. The standard InChI is InChI=1S/C17H26N2O/c1-2-14(17(18)13-7-4-3-5-8-13)19-11-12-20-16-10-6-9-15(16)19/h3-5,7-8,14-17H,2,6,9-12,18H2,1H3. The number of morpholine rings is 1. The molecule has 0 bridgehead atoms. The van der Waals surface area contributed by atoms with Gasteiger partial charge in [0.05, 0.1) is 12.7 Å². The number of hydrogen-bond acceptors (Lipinski definition) is 3. The third-order valence-electron chi connectivity index (χ3n) is 4.97. The topological polar surface area (TPSA) is 38.5 Å². The van der Waals surface area contributed by atoms with Crippen LogP contribution < -0.4 is 5.73 Å². The highest BCUT2D eigenvalue weighted by atomic mass is 16.5. The molecule has 2 N–H and O–H groups in total. The van der Waals surface area contributed by atoms with Gasteiger partial charge < -0.3 is 10.5 Å². The van der Waals surface area contributed by atoms with E-state index in [1.54, 1.807) is 0 Å². The normalized spacial score (nSPS) is 29.9. The molecule has 4 atom stereocenters. The van der Waals surface area contributed by atoms with Crippen molar-refractivity contribution in [1.82, 2.24) is 4.90 Å². The summed E-state index contributed by atoms with van der Waals surface area (Å²) in [5.41, 5.74) is 7.83. The van der Waals surface area contributed by atoms with Crippen molar-refractivity contribution in [2.24, 2.45) is 5.73 Å². The smallest absolute Gasteiger partial charge is 0.0731 e. The minimum absolute atomic E-state index is 0.0977. The van der Waals surface area contributed by atoms with Gasteiger partial charge in [-0.05, 0) is 31.2 Å². The Morgan fingerprint density at radius 2 is 2.10 bits per heavy atom. The zero-order chi connectivity index (χ0) is 13.9. The molecule has 1 saturated carbocycles. The molecule has 20 heavy (non-hydrogen) atoms. The van der Waals surface area contributed by atoms with E-state index in [4.69, 9.17) is 10.5 Å². The average Bonchev–Trinajstić information content (AvgIpc) is 2.98. The van der Waals surface area contributed by atoms with Crippen molar-refractivity contribution in [3.05, 3.63) is 35.9 Å². The Bertz CT molecular complexity index is 422. The number of fused-ring (bicyclic) bond motifs is 1. The molecule has 1 heterocycles. The van der Waals surface area contributed by atoms with E-state index in [1.165, 1.54) is 24.8 Å². The lowest BCUT2D eigenvalue weighted by Crippen LogP contribution is -2.55. The van der Waals surface area contributed by atoms with E-state index in [2.05, 4.69) is 42.2 Å². The Hall–Kier alpha value is -0.900. The first-order chi connectivity index (χ1) is 9.81. The highest BCUT2D eigenvalue weighted by Gasteiger charge is 2.40. The molecule has 1 aromatic rings. The number of nitrogens with zero attached hydrogens (tertiary/aromatic N) is 1. The van der Waals surface area contributed by atoms with Gasteiger partial charge in [-0.3, -0.25) is 4.90 Å². The van der Waals surface area contributed by atoms with Crippen LogP contribution in [0.25, 0.3) is 0 Å². The van der Waals surface area contributed by atoms with E-state index in [0.717, 1.165) is 19.6 Å². The van der Waals surface area contributed by atoms with Gasteiger partial charge in [-0.2, -0.15) is 0 Å². The van der Waals surface area contributed by atoms with Gasteiger partial charge in [0.15, 0.2) is 0 Å². The molecule has 0 radical (unpaired) electrons. The van der Waals surface area contributed by atoms with Crippen molar-refractivity contribution in [3.8, 4) is 0 Å². The Balaban J connectivity index is 1.78. The van der Waals surface area contributed by atoms with Gasteiger partial charge in [-0.25, -0.2) is 0 Å². The predicted molar refractivity (Wildman–Crippen MR) is 81.5 cm³/mol. The van der Waals surface area contributed by atoms with Gasteiger partial charge in [-0.1, -0.05) is 37.3 Å². The van der Waals surface area contributed by atoms with Gasteiger partial charge in [0, 0.05) is 24.7 Å². The molecule has 1 aliphatic heterocycles. The van der Waals surface area contributed by atoms with E-state index in [1.807, 2.05) is 0 Å². The maximum atomic E-state index is 6.58. The number of ether oxygens (including phenoxy) is 1. The summed E-state index contributed by atoms with van der Waals surface area (Å²) in [6, 6.07) is 11.6. The summed E-state index contributed by atoms with van der Waals surface area (Å²) in [4.78, 5) is 2.64. The molecule has 0 aromatic heterocycles. The van der Waals surface area contributed by atoms with Gasteiger partial charge in [-0.15, -0.1) is 0 Å². The fraction of sp³-hybridized carbons (Fsp3) is 0.647. The second kappa shape index (κ2) is 6.25. The fourth-order valence-electron chi connectivity index (χ4n) is 3.96. The third-order valence-corrected chi connectivity index (χ3v) is 4.97. The third kappa shape index (κ3) is 2.62. The summed E-state index contributed by atoms with van der Waals surface area (Å²) in [7, 11) is 0. The maximum Gasteiger partial charge on any atom is 0.0731 e. The van der Waals surface area contributed by atoms with Crippen LogP contribution in [0.3, 0.4) is 0 Å². The molecule has 1 aliphatic carbocycles. The summed E-state index contributed by atoms with van der Waals surface area (Å²) in [6.45, 7) is 4.15. The first kappa shape index (κ1) is 14.1. The Morgan fingerprint density at radius 3 is 2.85 bits per heavy atom. The summed E-state index contributed by atoms with van der Waals surface area (Å²) in [5.74, 6) is 0. The zero-order valence-corrected chi connectivity index (χ0v) is 12.4. The lowest BCUT2D eigenvalue weighted by molar-refractivity contribution is -0.0759. The van der Waals surface area contributed by atoms with Crippen molar-refractivity contribution in [3.63, 3.8) is 0 Å². The van der Waals surface area contributed by atoms with Crippen molar-refractivity contribution >= 4 is 0 Å². The first-order valence-corrected chi connectivity index (χ1v) is 7.99. The molecule has 3 nitrogen and oxygen atoms in total. The molecule has 4 unspecified atom stereocenters. The average molecular weight is 274 g/mol. The van der Waals surface area contributed by atoms with E-state index in [-0.39, 0.29) is 6.04 Å². The molecular weight excluding hydrogens is 248 g/mol. The van der Waals surface area contributed by atoms with Gasteiger partial charge in [0.2, 0.25) is 0 Å². The van der Waals surface area contributed by atoms with Gasteiger partial charge in [0.1, 0.15) is 0 Å². The van der Waals surface area contributed by atoms with Crippen LogP contribution in [0, 0.1) is 0 Å². The zero-order valence-electron chi connectivity index (χ0n) is 12.4. The van der Waals surface area contributed by atoms with E-state index < -0.39 is 0 Å². The molecule has 0 amide bonds. The molecule has 2 fully saturated rings. The molecule has 2 aliphatic rings. The summed E-state index contributed by atoms with van der Waals surface area (Å²) in [6.07, 6.45) is 5.32. The summed E-state index contributed by atoms with van der Waals surface area (Å²) >= 11 is 0. The van der Waals surface area contributed by atoms with E-state index >= 15 is 0 Å². The van der Waals surface area contributed by atoms with Crippen molar-refractivity contribution in [1.29, 1.82) is 0 Å². The molecule has 110 valence electrons. The predicted octanol–water partition coefficient (Wildman–Crippen LogP) is 2.72. The fourth-order valence-corrected chi connectivity index (χ4v) is 3.96. The maximum absolute atomic E-state index is 6.58. The first-order valence-electron chi connectivity index (χ1n) is 7.99. The highest BCUT2D eigenvalue weighted by molar-refractivity contribution is 5.20. The van der Waals surface area contributed by atoms with Gasteiger partial charge >= 0.3 is 0 Å². The van der Waals surface area contributed by atoms with E-state index in [9.17, 15) is 0 Å². The minimum Gasteiger partial charge on any atom is -0.375 e. The summed E-state index contributed by atoms with van der Waals surface area (Å²) < 4.78 is 5.93. The SMILES string of the molecule is CCC(C(N)c1ccccc1)N1CCOC2CCCC21. The van der Waals surface area contributed by atoms with Crippen molar-refractivity contribution < 1.29 is 4.74 Å². The molecule has 1 aromatic carbocycles. The van der Waals surface area contributed by atoms with Crippen LogP contribution in [0.2, 0.25) is 0 Å². The Morgan fingerprint density at radius 1 is 1.30 bits per heavy atom. The van der Waals surface area contributed by atoms with Crippen LogP contribution in [0.5, 0.6) is 0 Å². The largest absolute Gasteiger partial charge is 0.375 e. The monoisotopic (exact) mass is 274 g/mol. The number of benzene rings is 1. The summed E-state index contributed by atoms with van der Waals surface area (Å²) in [5, 5.41) is 0. The van der Waals surface area contributed by atoms with Crippen LogP contribution in [0.15, 0.2) is 30.3 Å². The Labute approximate surface area is 122 Å². The number of hydrogen-bond donors (Lipinski definition) is 1. The lowest BCUT2D eigenvalue weighted by Gasteiger charge is -2.44.